The molecule has 1 nitrogen and oxygen atoms in total. The van der Waals surface area contributed by atoms with Crippen LogP contribution in [0.25, 0.3) is 10.8 Å². The smallest absolute Gasteiger partial charge is 0.0838 e. The van der Waals surface area contributed by atoms with Crippen molar-refractivity contribution in [2.75, 3.05) is 0 Å². The molecule has 0 aliphatic heterocycles. The Morgan fingerprint density at radius 1 is 0.857 bits per heavy atom. The van der Waals surface area contributed by atoms with Gasteiger partial charge in [0.2, 0.25) is 0 Å². The predicted molar refractivity (Wildman–Crippen MR) is 88.5 cm³/mol. The van der Waals surface area contributed by atoms with E-state index in [0.29, 0.717) is 6.42 Å². The van der Waals surface area contributed by atoms with Crippen LogP contribution in [-0.4, -0.2) is 5.11 Å². The molecule has 0 aromatic heterocycles. The molecular formula is C20H20O. The van der Waals surface area contributed by atoms with E-state index in [1.807, 2.05) is 12.1 Å². The summed E-state index contributed by atoms with van der Waals surface area (Å²) in [5, 5.41) is 13.1. The van der Waals surface area contributed by atoms with Crippen LogP contribution in [0.3, 0.4) is 0 Å². The minimum atomic E-state index is -0.473. The third-order valence-electron chi connectivity index (χ3n) is 4.07. The standard InChI is InChI=1S/C20H20O/c1-14-7-10-16(11-8-14)13-19(21)20-15(2)9-12-17-5-3-4-6-18(17)20/h3-12,19,21H,13H2,1-2H3. The molecule has 1 atom stereocenters. The van der Waals surface area contributed by atoms with E-state index in [9.17, 15) is 5.11 Å². The van der Waals surface area contributed by atoms with Crippen LogP contribution in [-0.2, 0) is 6.42 Å². The maximum atomic E-state index is 10.7. The molecule has 106 valence electrons. The van der Waals surface area contributed by atoms with Crippen LogP contribution in [0.15, 0.2) is 60.7 Å². The first kappa shape index (κ1) is 13.8. The van der Waals surface area contributed by atoms with Gasteiger partial charge >= 0.3 is 0 Å². The minimum Gasteiger partial charge on any atom is -0.388 e. The minimum absolute atomic E-state index is 0.473. The van der Waals surface area contributed by atoms with Crippen LogP contribution in [0.2, 0.25) is 0 Å². The lowest BCUT2D eigenvalue weighted by atomic mass is 9.92. The Labute approximate surface area is 125 Å². The summed E-state index contributed by atoms with van der Waals surface area (Å²) in [6, 6.07) is 20.8. The number of aryl methyl sites for hydroxylation is 2. The van der Waals surface area contributed by atoms with Crippen molar-refractivity contribution in [3.8, 4) is 0 Å². The van der Waals surface area contributed by atoms with Gasteiger partial charge in [-0.3, -0.25) is 0 Å². The largest absolute Gasteiger partial charge is 0.388 e. The van der Waals surface area contributed by atoms with Gasteiger partial charge in [-0.05, 0) is 41.3 Å². The molecule has 3 aromatic carbocycles. The van der Waals surface area contributed by atoms with Crippen LogP contribution in [0.5, 0.6) is 0 Å². The zero-order chi connectivity index (χ0) is 14.8. The lowest BCUT2D eigenvalue weighted by molar-refractivity contribution is 0.179. The fourth-order valence-electron chi connectivity index (χ4n) is 2.90. The van der Waals surface area contributed by atoms with Crippen molar-refractivity contribution in [2.24, 2.45) is 0 Å². The molecule has 0 aliphatic rings. The van der Waals surface area contributed by atoms with Gasteiger partial charge in [-0.2, -0.15) is 0 Å². The lowest BCUT2D eigenvalue weighted by Crippen LogP contribution is -2.05. The van der Waals surface area contributed by atoms with E-state index >= 15 is 0 Å². The second-order valence-electron chi connectivity index (χ2n) is 5.72. The number of aliphatic hydroxyl groups is 1. The van der Waals surface area contributed by atoms with Gasteiger partial charge in [0.15, 0.2) is 0 Å². The van der Waals surface area contributed by atoms with Gasteiger partial charge in [0, 0.05) is 6.42 Å². The molecule has 3 rings (SSSR count). The molecule has 3 aromatic rings. The Morgan fingerprint density at radius 3 is 2.33 bits per heavy atom. The van der Waals surface area contributed by atoms with Crippen molar-refractivity contribution >= 4 is 10.8 Å². The molecule has 0 heterocycles. The number of benzene rings is 3. The summed E-state index contributed by atoms with van der Waals surface area (Å²) in [6.07, 6.45) is 0.175. The molecule has 1 unspecified atom stereocenters. The van der Waals surface area contributed by atoms with E-state index in [0.717, 1.165) is 16.5 Å². The number of rotatable bonds is 3. The predicted octanol–water partition coefficient (Wildman–Crippen LogP) is 4.73. The highest BCUT2D eigenvalue weighted by Gasteiger charge is 2.14. The van der Waals surface area contributed by atoms with Crippen LogP contribution in [0.4, 0.5) is 0 Å². The zero-order valence-corrected chi connectivity index (χ0v) is 12.5. The molecule has 0 aliphatic carbocycles. The highest BCUT2D eigenvalue weighted by atomic mass is 16.3. The Balaban J connectivity index is 1.99. The van der Waals surface area contributed by atoms with Gasteiger partial charge in [-0.1, -0.05) is 66.2 Å². The van der Waals surface area contributed by atoms with Crippen molar-refractivity contribution in [3.05, 3.63) is 82.9 Å². The van der Waals surface area contributed by atoms with Gasteiger partial charge in [-0.15, -0.1) is 0 Å². The van der Waals surface area contributed by atoms with Crippen LogP contribution in [0, 0.1) is 13.8 Å². The van der Waals surface area contributed by atoms with Crippen LogP contribution < -0.4 is 0 Å². The van der Waals surface area contributed by atoms with Crippen molar-refractivity contribution in [2.45, 2.75) is 26.4 Å². The van der Waals surface area contributed by atoms with Gasteiger partial charge in [-0.25, -0.2) is 0 Å². The van der Waals surface area contributed by atoms with E-state index in [4.69, 9.17) is 0 Å². The summed E-state index contributed by atoms with van der Waals surface area (Å²) in [6.45, 7) is 4.15. The average Bonchev–Trinajstić information content (AvgIpc) is 2.49. The average molecular weight is 276 g/mol. The Kier molecular flexibility index (Phi) is 3.76. The number of aliphatic hydroxyl groups excluding tert-OH is 1. The molecular weight excluding hydrogens is 256 g/mol. The third kappa shape index (κ3) is 2.84. The Hall–Kier alpha value is -2.12. The van der Waals surface area contributed by atoms with E-state index in [1.165, 1.54) is 16.5 Å². The van der Waals surface area contributed by atoms with Crippen molar-refractivity contribution in [3.63, 3.8) is 0 Å². The fraction of sp³-hybridized carbons (Fsp3) is 0.200. The second-order valence-corrected chi connectivity index (χ2v) is 5.72. The van der Waals surface area contributed by atoms with E-state index < -0.39 is 6.10 Å². The summed E-state index contributed by atoms with van der Waals surface area (Å²) < 4.78 is 0. The van der Waals surface area contributed by atoms with E-state index in [-0.39, 0.29) is 0 Å². The molecule has 0 radical (unpaired) electrons. The van der Waals surface area contributed by atoms with Gasteiger partial charge in [0.05, 0.1) is 6.10 Å². The summed E-state index contributed by atoms with van der Waals surface area (Å²) in [4.78, 5) is 0. The molecule has 1 N–H and O–H groups in total. The molecule has 0 saturated heterocycles. The number of hydrogen-bond donors (Lipinski definition) is 1. The first-order chi connectivity index (χ1) is 10.1. The monoisotopic (exact) mass is 276 g/mol. The van der Waals surface area contributed by atoms with Gasteiger partial charge in [0.1, 0.15) is 0 Å². The van der Waals surface area contributed by atoms with Crippen molar-refractivity contribution < 1.29 is 5.11 Å². The van der Waals surface area contributed by atoms with E-state index in [2.05, 4.69) is 62.4 Å². The molecule has 21 heavy (non-hydrogen) atoms. The Bertz CT molecular complexity index is 756. The van der Waals surface area contributed by atoms with Crippen LogP contribution >= 0.6 is 0 Å². The highest BCUT2D eigenvalue weighted by molar-refractivity contribution is 5.87. The number of fused-ring (bicyclic) bond motifs is 1. The quantitative estimate of drug-likeness (QED) is 0.733. The highest BCUT2D eigenvalue weighted by Crippen LogP contribution is 2.29. The first-order valence-corrected chi connectivity index (χ1v) is 7.37. The molecule has 0 spiro atoms. The van der Waals surface area contributed by atoms with E-state index in [1.54, 1.807) is 0 Å². The molecule has 0 bridgehead atoms. The maximum absolute atomic E-state index is 10.7. The summed E-state index contributed by atoms with van der Waals surface area (Å²) in [7, 11) is 0. The third-order valence-corrected chi connectivity index (χ3v) is 4.07. The SMILES string of the molecule is Cc1ccc(CC(O)c2c(C)ccc3ccccc23)cc1. The molecule has 0 amide bonds. The van der Waals surface area contributed by atoms with Crippen LogP contribution in [0.1, 0.15) is 28.4 Å². The maximum Gasteiger partial charge on any atom is 0.0838 e. The van der Waals surface area contributed by atoms with Crippen molar-refractivity contribution in [1.82, 2.24) is 0 Å². The fourth-order valence-corrected chi connectivity index (χ4v) is 2.90. The second kappa shape index (κ2) is 5.71. The first-order valence-electron chi connectivity index (χ1n) is 7.37. The van der Waals surface area contributed by atoms with Crippen molar-refractivity contribution in [1.29, 1.82) is 0 Å². The Morgan fingerprint density at radius 2 is 1.57 bits per heavy atom. The zero-order valence-electron chi connectivity index (χ0n) is 12.5. The molecule has 0 saturated carbocycles. The number of hydrogen-bond acceptors (Lipinski definition) is 1. The normalized spacial score (nSPS) is 12.5. The van der Waals surface area contributed by atoms with Gasteiger partial charge < -0.3 is 5.11 Å². The lowest BCUT2D eigenvalue weighted by Gasteiger charge is -2.17. The van der Waals surface area contributed by atoms with Gasteiger partial charge in [0.25, 0.3) is 0 Å². The summed E-state index contributed by atoms with van der Waals surface area (Å²) in [5.74, 6) is 0. The summed E-state index contributed by atoms with van der Waals surface area (Å²) >= 11 is 0. The summed E-state index contributed by atoms with van der Waals surface area (Å²) in [5.41, 5.74) is 4.61. The molecule has 1 heteroatoms. The molecule has 0 fully saturated rings. The topological polar surface area (TPSA) is 20.2 Å².